The quantitative estimate of drug-likeness (QED) is 0.778. The molecule has 0 bridgehead atoms. The topological polar surface area (TPSA) is 92.1 Å². The van der Waals surface area contributed by atoms with Crippen LogP contribution in [0.1, 0.15) is 36.8 Å². The highest BCUT2D eigenvalue weighted by Gasteiger charge is 2.33. The van der Waals surface area contributed by atoms with Crippen molar-refractivity contribution in [1.82, 2.24) is 20.1 Å². The molecule has 1 aliphatic carbocycles. The van der Waals surface area contributed by atoms with E-state index in [4.69, 9.17) is 0 Å². The summed E-state index contributed by atoms with van der Waals surface area (Å²) in [6.45, 7) is 1.81. The van der Waals surface area contributed by atoms with Gasteiger partial charge in [-0.2, -0.15) is 5.10 Å². The second-order valence-corrected chi connectivity index (χ2v) is 6.55. The minimum absolute atomic E-state index is 0.0677. The van der Waals surface area contributed by atoms with Crippen LogP contribution in [0.25, 0.3) is 0 Å². The van der Waals surface area contributed by atoms with Crippen LogP contribution in [0, 0.1) is 18.6 Å². The molecular weight excluding hydrogens is 344 g/mol. The third-order valence-corrected chi connectivity index (χ3v) is 4.58. The number of rotatable bonds is 3. The lowest BCUT2D eigenvalue weighted by Crippen LogP contribution is -2.48. The standard InChI is InChI=1S/C17H21F2N5O2/c1-9-20-16(24(2)23-9)10-3-6-15(25)14(7-10)22-17(26)21-11-4-5-12(18)13(19)8-11/h4-5,8,10,14-15,25H,3,6-7H2,1-2H3,(H2,21,22,26)/t10-,14+,15+/m0/s1. The van der Waals surface area contributed by atoms with Crippen molar-refractivity contribution in [3.05, 3.63) is 41.5 Å². The third-order valence-electron chi connectivity index (χ3n) is 4.58. The zero-order valence-corrected chi connectivity index (χ0v) is 14.5. The van der Waals surface area contributed by atoms with E-state index in [0.29, 0.717) is 18.7 Å². The molecule has 0 saturated heterocycles. The molecule has 0 spiro atoms. The highest BCUT2D eigenvalue weighted by molar-refractivity contribution is 5.89. The zero-order valence-electron chi connectivity index (χ0n) is 14.5. The van der Waals surface area contributed by atoms with Crippen molar-refractivity contribution < 1.29 is 18.7 Å². The largest absolute Gasteiger partial charge is 0.391 e. The lowest BCUT2D eigenvalue weighted by atomic mass is 9.83. The minimum Gasteiger partial charge on any atom is -0.391 e. The molecule has 9 heteroatoms. The molecule has 7 nitrogen and oxygen atoms in total. The number of carbonyl (C=O) groups excluding carboxylic acids is 1. The van der Waals surface area contributed by atoms with Gasteiger partial charge in [0.2, 0.25) is 0 Å². The molecule has 3 N–H and O–H groups in total. The molecule has 0 aliphatic heterocycles. The number of amides is 2. The van der Waals surface area contributed by atoms with Crippen molar-refractivity contribution in [1.29, 1.82) is 0 Å². The van der Waals surface area contributed by atoms with Gasteiger partial charge in [-0.3, -0.25) is 4.68 Å². The van der Waals surface area contributed by atoms with Crippen LogP contribution in [0.15, 0.2) is 18.2 Å². The van der Waals surface area contributed by atoms with Crippen molar-refractivity contribution in [2.24, 2.45) is 7.05 Å². The number of aryl methyl sites for hydroxylation is 2. The second kappa shape index (κ2) is 7.36. The Morgan fingerprint density at radius 1 is 1.31 bits per heavy atom. The number of hydrogen-bond acceptors (Lipinski definition) is 4. The number of nitrogens with one attached hydrogen (secondary N) is 2. The highest BCUT2D eigenvalue weighted by Crippen LogP contribution is 2.32. The number of halogens is 2. The van der Waals surface area contributed by atoms with Gasteiger partial charge in [-0.15, -0.1) is 0 Å². The molecule has 0 unspecified atom stereocenters. The van der Waals surface area contributed by atoms with Crippen LogP contribution in [-0.2, 0) is 7.05 Å². The molecule has 26 heavy (non-hydrogen) atoms. The Morgan fingerprint density at radius 3 is 2.73 bits per heavy atom. The molecule has 1 aromatic carbocycles. The molecule has 0 radical (unpaired) electrons. The van der Waals surface area contributed by atoms with Crippen LogP contribution in [0.3, 0.4) is 0 Å². The molecule has 2 aromatic rings. The number of aliphatic hydroxyl groups is 1. The summed E-state index contributed by atoms with van der Waals surface area (Å²) in [4.78, 5) is 16.6. The molecule has 1 heterocycles. The molecule has 1 aliphatic rings. The summed E-state index contributed by atoms with van der Waals surface area (Å²) in [5, 5.41) is 19.6. The first-order chi connectivity index (χ1) is 12.3. The van der Waals surface area contributed by atoms with Gasteiger partial charge in [-0.05, 0) is 38.3 Å². The fourth-order valence-electron chi connectivity index (χ4n) is 3.34. The number of urea groups is 1. The normalized spacial score (nSPS) is 22.9. The molecule has 3 atom stereocenters. The minimum atomic E-state index is -1.04. The van der Waals surface area contributed by atoms with E-state index in [9.17, 15) is 18.7 Å². The van der Waals surface area contributed by atoms with Crippen molar-refractivity contribution in [2.75, 3.05) is 5.32 Å². The van der Waals surface area contributed by atoms with Gasteiger partial charge in [0.1, 0.15) is 11.6 Å². The molecule has 2 amide bonds. The maximum atomic E-state index is 13.2. The summed E-state index contributed by atoms with van der Waals surface area (Å²) in [6, 6.07) is 2.04. The summed E-state index contributed by atoms with van der Waals surface area (Å²) in [6.07, 6.45) is 1.09. The van der Waals surface area contributed by atoms with Gasteiger partial charge in [-0.1, -0.05) is 0 Å². The molecule has 140 valence electrons. The number of carbonyl (C=O) groups is 1. The van der Waals surface area contributed by atoms with E-state index >= 15 is 0 Å². The van der Waals surface area contributed by atoms with Crippen molar-refractivity contribution in [2.45, 2.75) is 44.2 Å². The molecule has 1 fully saturated rings. The fraction of sp³-hybridized carbons (Fsp3) is 0.471. The van der Waals surface area contributed by atoms with Crippen LogP contribution in [0.5, 0.6) is 0 Å². The number of hydrogen-bond donors (Lipinski definition) is 3. The average molecular weight is 365 g/mol. The van der Waals surface area contributed by atoms with E-state index < -0.39 is 29.8 Å². The SMILES string of the molecule is Cc1nc([C@H]2CC[C@@H](O)[C@H](NC(=O)Nc3ccc(F)c(F)c3)C2)n(C)n1. The number of aromatic nitrogens is 3. The van der Waals surface area contributed by atoms with Crippen molar-refractivity contribution in [3.8, 4) is 0 Å². The van der Waals surface area contributed by atoms with Crippen molar-refractivity contribution in [3.63, 3.8) is 0 Å². The highest BCUT2D eigenvalue weighted by atomic mass is 19.2. The first kappa shape index (κ1) is 18.2. The summed E-state index contributed by atoms with van der Waals surface area (Å²) < 4.78 is 27.9. The lowest BCUT2D eigenvalue weighted by molar-refractivity contribution is 0.0862. The van der Waals surface area contributed by atoms with Gasteiger partial charge in [-0.25, -0.2) is 18.6 Å². The maximum absolute atomic E-state index is 13.2. The van der Waals surface area contributed by atoms with Crippen LogP contribution in [-0.4, -0.2) is 38.0 Å². The number of aliphatic hydroxyl groups excluding tert-OH is 1. The Balaban J connectivity index is 1.64. The van der Waals surface area contributed by atoms with Crippen LogP contribution < -0.4 is 10.6 Å². The first-order valence-electron chi connectivity index (χ1n) is 8.41. The zero-order chi connectivity index (χ0) is 18.8. The van der Waals surface area contributed by atoms with E-state index in [1.165, 1.54) is 6.07 Å². The van der Waals surface area contributed by atoms with E-state index in [2.05, 4.69) is 20.7 Å². The lowest BCUT2D eigenvalue weighted by Gasteiger charge is -2.33. The van der Waals surface area contributed by atoms with E-state index in [-0.39, 0.29) is 11.6 Å². The first-order valence-corrected chi connectivity index (χ1v) is 8.41. The summed E-state index contributed by atoms with van der Waals surface area (Å²) >= 11 is 0. The monoisotopic (exact) mass is 365 g/mol. The fourth-order valence-corrected chi connectivity index (χ4v) is 3.34. The Bertz CT molecular complexity index is 810. The summed E-state index contributed by atoms with van der Waals surface area (Å²) in [5.74, 6) is -0.465. The smallest absolute Gasteiger partial charge is 0.319 e. The van der Waals surface area contributed by atoms with Crippen LogP contribution >= 0.6 is 0 Å². The predicted octanol–water partition coefficient (Wildman–Crippen LogP) is 2.22. The Morgan fingerprint density at radius 2 is 2.08 bits per heavy atom. The Hall–Kier alpha value is -2.55. The van der Waals surface area contributed by atoms with Gasteiger partial charge in [0.15, 0.2) is 11.6 Å². The maximum Gasteiger partial charge on any atom is 0.319 e. The Kier molecular flexibility index (Phi) is 5.17. The third kappa shape index (κ3) is 3.98. The van der Waals surface area contributed by atoms with Gasteiger partial charge in [0.05, 0.1) is 12.1 Å². The van der Waals surface area contributed by atoms with Gasteiger partial charge < -0.3 is 15.7 Å². The second-order valence-electron chi connectivity index (χ2n) is 6.55. The van der Waals surface area contributed by atoms with E-state index in [1.54, 1.807) is 4.68 Å². The summed E-state index contributed by atoms with van der Waals surface area (Å²) in [5.41, 5.74) is 0.132. The number of anilines is 1. The van der Waals surface area contributed by atoms with Gasteiger partial charge in [0.25, 0.3) is 0 Å². The molecule has 1 aromatic heterocycles. The number of nitrogens with zero attached hydrogens (tertiary/aromatic N) is 3. The van der Waals surface area contributed by atoms with Crippen molar-refractivity contribution >= 4 is 11.7 Å². The predicted molar refractivity (Wildman–Crippen MR) is 90.6 cm³/mol. The molecule has 3 rings (SSSR count). The van der Waals surface area contributed by atoms with E-state index in [1.807, 2.05) is 14.0 Å². The molecule has 1 saturated carbocycles. The average Bonchev–Trinajstić information content (AvgIpc) is 2.91. The van der Waals surface area contributed by atoms with E-state index in [0.717, 1.165) is 24.4 Å². The molecular formula is C17H21F2N5O2. The van der Waals surface area contributed by atoms with Crippen LogP contribution in [0.4, 0.5) is 19.3 Å². The Labute approximate surface area is 149 Å². The number of benzene rings is 1. The van der Waals surface area contributed by atoms with Gasteiger partial charge >= 0.3 is 6.03 Å². The van der Waals surface area contributed by atoms with Crippen LogP contribution in [0.2, 0.25) is 0 Å². The van der Waals surface area contributed by atoms with Gasteiger partial charge in [0, 0.05) is 24.7 Å². The summed E-state index contributed by atoms with van der Waals surface area (Å²) in [7, 11) is 1.82.